The lowest BCUT2D eigenvalue weighted by atomic mass is 10.1. The van der Waals surface area contributed by atoms with Crippen molar-refractivity contribution in [2.45, 2.75) is 6.92 Å². The van der Waals surface area contributed by atoms with Gasteiger partial charge in [0.05, 0.1) is 12.2 Å². The van der Waals surface area contributed by atoms with Crippen LogP contribution in [0.1, 0.15) is 28.4 Å². The Kier molecular flexibility index (Phi) is 7.20. The molecule has 0 atom stereocenters. The molecule has 3 aromatic carbocycles. The SMILES string of the molecule is CCOc1cc(/C=C2N=C(/C=C/c3ccccc3)OC/2=O)ccc1OC(=O)c1ccc(Cl)cc1. The molecule has 0 amide bonds. The molecule has 0 radical (unpaired) electrons. The van der Waals surface area contributed by atoms with Gasteiger partial charge in [-0.25, -0.2) is 14.6 Å². The zero-order valence-electron chi connectivity index (χ0n) is 18.2. The van der Waals surface area contributed by atoms with Crippen molar-refractivity contribution in [3.05, 3.63) is 106 Å². The molecule has 0 aromatic heterocycles. The number of nitrogens with zero attached hydrogens (tertiary/aromatic N) is 1. The van der Waals surface area contributed by atoms with Gasteiger partial charge in [0, 0.05) is 11.1 Å². The van der Waals surface area contributed by atoms with E-state index in [9.17, 15) is 9.59 Å². The summed E-state index contributed by atoms with van der Waals surface area (Å²) in [6.07, 6.45) is 5.03. The molecule has 0 spiro atoms. The molecule has 0 saturated heterocycles. The molecule has 0 unspecified atom stereocenters. The summed E-state index contributed by atoms with van der Waals surface area (Å²) in [7, 11) is 0. The Morgan fingerprint density at radius 2 is 1.74 bits per heavy atom. The van der Waals surface area contributed by atoms with Crippen molar-refractivity contribution in [3.8, 4) is 11.5 Å². The van der Waals surface area contributed by atoms with E-state index in [1.165, 1.54) is 0 Å². The summed E-state index contributed by atoms with van der Waals surface area (Å²) < 4.78 is 16.4. The Morgan fingerprint density at radius 3 is 2.47 bits per heavy atom. The summed E-state index contributed by atoms with van der Waals surface area (Å²) in [5.41, 5.74) is 2.11. The molecule has 0 bridgehead atoms. The number of ether oxygens (including phenoxy) is 3. The largest absolute Gasteiger partial charge is 0.490 e. The van der Waals surface area contributed by atoms with Crippen molar-refractivity contribution in [1.29, 1.82) is 0 Å². The number of carbonyl (C=O) groups excluding carboxylic acids is 2. The first kappa shape index (κ1) is 23.0. The van der Waals surface area contributed by atoms with Crippen LogP contribution in [0.25, 0.3) is 12.2 Å². The number of esters is 2. The molecule has 1 aliphatic heterocycles. The Hall–Kier alpha value is -4.16. The van der Waals surface area contributed by atoms with Gasteiger partial charge in [-0.3, -0.25) is 0 Å². The quantitative estimate of drug-likeness (QED) is 0.240. The molecule has 0 saturated carbocycles. The van der Waals surface area contributed by atoms with E-state index >= 15 is 0 Å². The molecule has 0 fully saturated rings. The molecule has 34 heavy (non-hydrogen) atoms. The lowest BCUT2D eigenvalue weighted by Crippen LogP contribution is -2.09. The molecule has 1 heterocycles. The van der Waals surface area contributed by atoms with Gasteiger partial charge in [0.25, 0.3) is 0 Å². The average molecular weight is 474 g/mol. The number of cyclic esters (lactones) is 1. The van der Waals surface area contributed by atoms with Crippen LogP contribution in [-0.2, 0) is 9.53 Å². The molecule has 4 rings (SSSR count). The van der Waals surface area contributed by atoms with Crippen LogP contribution < -0.4 is 9.47 Å². The number of hydrogen-bond acceptors (Lipinski definition) is 6. The van der Waals surface area contributed by atoms with E-state index in [-0.39, 0.29) is 17.3 Å². The van der Waals surface area contributed by atoms with E-state index in [4.69, 9.17) is 25.8 Å². The predicted octanol–water partition coefficient (Wildman–Crippen LogP) is 5.97. The van der Waals surface area contributed by atoms with E-state index in [0.717, 1.165) is 5.56 Å². The normalized spacial score (nSPS) is 14.2. The molecule has 1 aliphatic rings. The fourth-order valence-electron chi connectivity index (χ4n) is 3.10. The van der Waals surface area contributed by atoms with E-state index < -0.39 is 11.9 Å². The van der Waals surface area contributed by atoms with Gasteiger partial charge in [-0.2, -0.15) is 0 Å². The van der Waals surface area contributed by atoms with E-state index in [1.54, 1.807) is 54.6 Å². The number of aliphatic imine (C=N–C) groups is 1. The van der Waals surface area contributed by atoms with Crippen LogP contribution in [0, 0.1) is 0 Å². The Morgan fingerprint density at radius 1 is 0.971 bits per heavy atom. The molecule has 6 nitrogen and oxygen atoms in total. The van der Waals surface area contributed by atoms with Crippen molar-refractivity contribution in [2.24, 2.45) is 4.99 Å². The second-order valence-electron chi connectivity index (χ2n) is 7.15. The van der Waals surface area contributed by atoms with Crippen molar-refractivity contribution in [1.82, 2.24) is 0 Å². The highest BCUT2D eigenvalue weighted by molar-refractivity contribution is 6.30. The maximum atomic E-state index is 12.5. The van der Waals surface area contributed by atoms with Crippen molar-refractivity contribution >= 4 is 41.6 Å². The molecular formula is C27H20ClNO5. The Labute approximate surface area is 201 Å². The summed E-state index contributed by atoms with van der Waals surface area (Å²) in [6, 6.07) is 21.0. The van der Waals surface area contributed by atoms with E-state index in [1.807, 2.05) is 43.3 Å². The fraction of sp³-hybridized carbons (Fsp3) is 0.0741. The lowest BCUT2D eigenvalue weighted by molar-refractivity contribution is -0.129. The third kappa shape index (κ3) is 5.79. The first-order chi connectivity index (χ1) is 16.5. The highest BCUT2D eigenvalue weighted by atomic mass is 35.5. The smallest absolute Gasteiger partial charge is 0.363 e. The van der Waals surface area contributed by atoms with Gasteiger partial charge in [-0.05, 0) is 66.6 Å². The minimum Gasteiger partial charge on any atom is -0.490 e. The maximum Gasteiger partial charge on any atom is 0.363 e. The monoisotopic (exact) mass is 473 g/mol. The first-order valence-electron chi connectivity index (χ1n) is 10.5. The number of halogens is 1. The van der Waals surface area contributed by atoms with Crippen molar-refractivity contribution in [2.75, 3.05) is 6.61 Å². The number of benzene rings is 3. The highest BCUT2D eigenvalue weighted by Crippen LogP contribution is 2.31. The Balaban J connectivity index is 1.53. The topological polar surface area (TPSA) is 74.2 Å². The predicted molar refractivity (Wildman–Crippen MR) is 131 cm³/mol. The zero-order chi connectivity index (χ0) is 23.9. The van der Waals surface area contributed by atoms with Crippen LogP contribution in [0.4, 0.5) is 0 Å². The average Bonchev–Trinajstić information content (AvgIpc) is 3.19. The van der Waals surface area contributed by atoms with Gasteiger partial charge in [0.2, 0.25) is 5.90 Å². The second-order valence-corrected chi connectivity index (χ2v) is 7.59. The minimum atomic E-state index is -0.552. The highest BCUT2D eigenvalue weighted by Gasteiger charge is 2.21. The molecular weight excluding hydrogens is 454 g/mol. The summed E-state index contributed by atoms with van der Waals surface area (Å²) in [5, 5.41) is 0.524. The molecule has 3 aromatic rings. The zero-order valence-corrected chi connectivity index (χ0v) is 19.0. The maximum absolute atomic E-state index is 12.5. The fourth-order valence-corrected chi connectivity index (χ4v) is 3.22. The minimum absolute atomic E-state index is 0.154. The lowest BCUT2D eigenvalue weighted by Gasteiger charge is -2.11. The summed E-state index contributed by atoms with van der Waals surface area (Å²) in [4.78, 5) is 29.0. The number of hydrogen-bond donors (Lipinski definition) is 0. The number of rotatable bonds is 7. The van der Waals surface area contributed by atoms with Crippen LogP contribution in [0.2, 0.25) is 5.02 Å². The first-order valence-corrected chi connectivity index (χ1v) is 10.9. The standard InChI is InChI=1S/C27H20ClNO5/c1-2-32-24-17-19(8-14-23(24)33-26(30)20-10-12-21(28)13-11-20)16-22-27(31)34-25(29-22)15-9-18-6-4-3-5-7-18/h3-17H,2H2,1H3/b15-9+,22-16+. The second kappa shape index (κ2) is 10.6. The number of carbonyl (C=O) groups is 2. The summed E-state index contributed by atoms with van der Waals surface area (Å²) >= 11 is 5.87. The van der Waals surface area contributed by atoms with Gasteiger partial charge < -0.3 is 14.2 Å². The van der Waals surface area contributed by atoms with Crippen molar-refractivity contribution in [3.63, 3.8) is 0 Å². The van der Waals surface area contributed by atoms with Gasteiger partial charge >= 0.3 is 11.9 Å². The molecule has 170 valence electrons. The molecule has 0 N–H and O–H groups in total. The van der Waals surface area contributed by atoms with E-state index in [0.29, 0.717) is 28.5 Å². The van der Waals surface area contributed by atoms with Gasteiger partial charge in [-0.15, -0.1) is 0 Å². The van der Waals surface area contributed by atoms with Crippen LogP contribution in [0.15, 0.2) is 89.6 Å². The van der Waals surface area contributed by atoms with Gasteiger partial charge in [0.1, 0.15) is 0 Å². The third-order valence-electron chi connectivity index (χ3n) is 4.71. The van der Waals surface area contributed by atoms with Crippen LogP contribution in [0.3, 0.4) is 0 Å². The summed E-state index contributed by atoms with van der Waals surface area (Å²) in [6.45, 7) is 2.18. The molecule has 0 aliphatic carbocycles. The van der Waals surface area contributed by atoms with Gasteiger partial charge in [0.15, 0.2) is 17.2 Å². The summed E-state index contributed by atoms with van der Waals surface area (Å²) in [5.74, 6) is -0.267. The molecule has 7 heteroatoms. The van der Waals surface area contributed by atoms with Crippen LogP contribution >= 0.6 is 11.6 Å². The van der Waals surface area contributed by atoms with Crippen LogP contribution in [-0.4, -0.2) is 24.4 Å². The third-order valence-corrected chi connectivity index (χ3v) is 4.96. The Bertz CT molecular complexity index is 1290. The van der Waals surface area contributed by atoms with Crippen LogP contribution in [0.5, 0.6) is 11.5 Å². The van der Waals surface area contributed by atoms with E-state index in [2.05, 4.69) is 4.99 Å². The van der Waals surface area contributed by atoms with Gasteiger partial charge in [-0.1, -0.05) is 48.0 Å². The van der Waals surface area contributed by atoms with Crippen molar-refractivity contribution < 1.29 is 23.8 Å².